The maximum atomic E-state index is 2.54. The molecule has 3 nitrogen and oxygen atoms in total. The summed E-state index contributed by atoms with van der Waals surface area (Å²) in [5, 5.41) is 2.45. The third kappa shape index (κ3) is 5.56. The zero-order chi connectivity index (χ0) is 42.1. The lowest BCUT2D eigenvalue weighted by Crippen LogP contribution is -2.61. The molecule has 0 N–H and O–H groups in total. The summed E-state index contributed by atoms with van der Waals surface area (Å²) in [5.74, 6) is 0. The quantitative estimate of drug-likeness (QED) is 0.155. The summed E-state index contributed by atoms with van der Waals surface area (Å²) in [7, 11) is 0. The Kier molecular flexibility index (Phi) is 8.32. The van der Waals surface area contributed by atoms with Crippen molar-refractivity contribution in [2.24, 2.45) is 0 Å². The Balaban J connectivity index is 1.08. The first-order valence-corrected chi connectivity index (χ1v) is 22.1. The van der Waals surface area contributed by atoms with E-state index in [1.807, 2.05) is 0 Å². The Labute approximate surface area is 373 Å². The highest BCUT2D eigenvalue weighted by atomic mass is 15.2. The first-order valence-electron chi connectivity index (χ1n) is 22.1. The minimum absolute atomic E-state index is 0.00163. The highest BCUT2D eigenvalue weighted by molar-refractivity contribution is 7.01. The van der Waals surface area contributed by atoms with Crippen molar-refractivity contribution in [1.82, 2.24) is 4.57 Å². The Morgan fingerprint density at radius 1 is 0.281 bits per heavy atom. The number of benzene rings is 10. The highest BCUT2D eigenvalue weighted by Crippen LogP contribution is 2.47. The summed E-state index contributed by atoms with van der Waals surface area (Å²) >= 11 is 0. The molecule has 298 valence electrons. The molecule has 0 saturated heterocycles. The second-order valence-corrected chi connectivity index (χ2v) is 16.8. The summed E-state index contributed by atoms with van der Waals surface area (Å²) in [4.78, 5) is 5.02. The monoisotopic (exact) mass is 813 g/mol. The van der Waals surface area contributed by atoms with E-state index in [0.29, 0.717) is 0 Å². The van der Waals surface area contributed by atoms with Crippen LogP contribution < -0.4 is 26.2 Å². The van der Waals surface area contributed by atoms with Gasteiger partial charge in [-0.25, -0.2) is 0 Å². The van der Waals surface area contributed by atoms with Gasteiger partial charge in [-0.15, -0.1) is 0 Å². The van der Waals surface area contributed by atoms with Crippen molar-refractivity contribution in [2.45, 2.75) is 0 Å². The number of hydrogen-bond acceptors (Lipinski definition) is 2. The first-order chi connectivity index (χ1) is 31.8. The number of aromatic nitrogens is 1. The van der Waals surface area contributed by atoms with Gasteiger partial charge in [-0.2, -0.15) is 0 Å². The average molecular weight is 814 g/mol. The summed E-state index contributed by atoms with van der Waals surface area (Å²) in [6.07, 6.45) is 0. The second-order valence-electron chi connectivity index (χ2n) is 16.8. The molecule has 0 unspecified atom stereocenters. The molecule has 10 aromatic carbocycles. The lowest BCUT2D eigenvalue weighted by atomic mass is 9.32. The normalized spacial score (nSPS) is 12.6. The summed E-state index contributed by atoms with van der Waals surface area (Å²) in [5.41, 5.74) is 21.7. The lowest BCUT2D eigenvalue weighted by Gasteiger charge is -2.45. The number of fused-ring (bicyclic) bond motifs is 7. The molecule has 2 aliphatic rings. The maximum Gasteiger partial charge on any atom is 0.252 e. The molecule has 0 atom stereocenters. The molecule has 4 heteroatoms. The van der Waals surface area contributed by atoms with E-state index >= 15 is 0 Å². The average Bonchev–Trinajstić information content (AvgIpc) is 3.70. The topological polar surface area (TPSA) is 11.4 Å². The largest absolute Gasteiger partial charge is 0.311 e. The van der Waals surface area contributed by atoms with Gasteiger partial charge in [-0.1, -0.05) is 170 Å². The van der Waals surface area contributed by atoms with E-state index in [0.717, 1.165) is 17.1 Å². The molecule has 13 rings (SSSR count). The van der Waals surface area contributed by atoms with E-state index < -0.39 is 0 Å². The van der Waals surface area contributed by atoms with E-state index in [1.165, 1.54) is 94.3 Å². The number of nitrogens with zero attached hydrogens (tertiary/aromatic N) is 3. The smallest absolute Gasteiger partial charge is 0.252 e. The molecule has 0 saturated carbocycles. The fourth-order valence-electron chi connectivity index (χ4n) is 10.7. The van der Waals surface area contributed by atoms with E-state index in [1.54, 1.807) is 0 Å². The van der Waals surface area contributed by atoms with Gasteiger partial charge in [-0.05, 0) is 123 Å². The van der Waals surface area contributed by atoms with E-state index in [9.17, 15) is 0 Å². The van der Waals surface area contributed by atoms with Crippen molar-refractivity contribution < 1.29 is 0 Å². The molecule has 0 amide bonds. The summed E-state index contributed by atoms with van der Waals surface area (Å²) in [6.45, 7) is -0.00163. The zero-order valence-corrected chi connectivity index (χ0v) is 35.0. The van der Waals surface area contributed by atoms with Gasteiger partial charge in [0.2, 0.25) is 0 Å². The lowest BCUT2D eigenvalue weighted by molar-refractivity contribution is 1.15. The minimum Gasteiger partial charge on any atom is -0.311 e. The summed E-state index contributed by atoms with van der Waals surface area (Å²) in [6, 6.07) is 89.0. The molecular weight excluding hydrogens is 773 g/mol. The van der Waals surface area contributed by atoms with Crippen LogP contribution in [-0.4, -0.2) is 11.3 Å². The molecule has 1 aromatic heterocycles. The molecule has 0 spiro atoms. The molecular formula is C60H40BN3. The minimum atomic E-state index is -0.00163. The first kappa shape index (κ1) is 36.3. The van der Waals surface area contributed by atoms with Crippen LogP contribution in [0.5, 0.6) is 0 Å². The Hall–Kier alpha value is -8.34. The van der Waals surface area contributed by atoms with Crippen LogP contribution in [0.15, 0.2) is 243 Å². The van der Waals surface area contributed by atoms with Crippen molar-refractivity contribution >= 4 is 79.0 Å². The van der Waals surface area contributed by atoms with Gasteiger partial charge in [-0.3, -0.25) is 0 Å². The van der Waals surface area contributed by atoms with Crippen molar-refractivity contribution in [1.29, 1.82) is 0 Å². The predicted molar refractivity (Wildman–Crippen MR) is 271 cm³/mol. The predicted octanol–water partition coefficient (Wildman–Crippen LogP) is 13.9. The van der Waals surface area contributed by atoms with Gasteiger partial charge in [0, 0.05) is 39.2 Å². The second kappa shape index (κ2) is 14.6. The molecule has 0 radical (unpaired) electrons. The third-order valence-electron chi connectivity index (χ3n) is 13.4. The molecule has 11 aromatic rings. The highest BCUT2D eigenvalue weighted by Gasteiger charge is 2.44. The van der Waals surface area contributed by atoms with Crippen LogP contribution in [0.25, 0.3) is 60.9 Å². The molecule has 0 fully saturated rings. The van der Waals surface area contributed by atoms with Crippen molar-refractivity contribution in [3.05, 3.63) is 243 Å². The number of anilines is 6. The molecule has 64 heavy (non-hydrogen) atoms. The Bertz CT molecular complexity index is 3470. The third-order valence-corrected chi connectivity index (χ3v) is 13.4. The van der Waals surface area contributed by atoms with Crippen LogP contribution in [0.2, 0.25) is 0 Å². The number of hydrogen-bond donors (Lipinski definition) is 0. The van der Waals surface area contributed by atoms with Crippen LogP contribution in [0.3, 0.4) is 0 Å². The van der Waals surface area contributed by atoms with Crippen LogP contribution >= 0.6 is 0 Å². The van der Waals surface area contributed by atoms with Crippen molar-refractivity contribution in [3.63, 3.8) is 0 Å². The standard InChI is InChI=1S/C60H40BN3/c1-5-19-41(20-6-1)44-35-37-51-48(39-44)49-40-45(42-21-7-2-8-22-42)36-38-52(49)63(51)54-30-15-16-31-55(54)64-53-29-14-13-28-50(53)61-59-47(43-23-9-3-10-24-43)27-17-32-56(59)62(46-25-11-4-12-26-46)57-33-18-34-58(64)60(57)61/h1-40H. The SMILES string of the molecule is c1ccc(-c2ccc3c(c2)c2cc(-c4ccccc4)ccc2n3-c2ccccc2N2c3ccccc3B3c4c(-c5ccccc5)cccc4N(c4ccccc4)c4cccc2c43)cc1. The van der Waals surface area contributed by atoms with Gasteiger partial charge in [0.1, 0.15) is 0 Å². The Morgan fingerprint density at radius 3 is 1.34 bits per heavy atom. The van der Waals surface area contributed by atoms with Crippen molar-refractivity contribution in [2.75, 3.05) is 9.80 Å². The van der Waals surface area contributed by atoms with Crippen molar-refractivity contribution in [3.8, 4) is 39.1 Å². The van der Waals surface area contributed by atoms with E-state index in [-0.39, 0.29) is 6.71 Å². The van der Waals surface area contributed by atoms with E-state index in [4.69, 9.17) is 0 Å². The van der Waals surface area contributed by atoms with Crippen LogP contribution in [0.1, 0.15) is 0 Å². The molecule has 2 aliphatic heterocycles. The van der Waals surface area contributed by atoms with Gasteiger partial charge < -0.3 is 14.4 Å². The fraction of sp³-hybridized carbons (Fsp3) is 0. The van der Waals surface area contributed by atoms with E-state index in [2.05, 4.69) is 257 Å². The molecule has 0 bridgehead atoms. The van der Waals surface area contributed by atoms with Crippen LogP contribution in [0, 0.1) is 0 Å². The Morgan fingerprint density at radius 2 is 0.734 bits per heavy atom. The van der Waals surface area contributed by atoms with Crippen LogP contribution in [0.4, 0.5) is 34.1 Å². The fourth-order valence-corrected chi connectivity index (χ4v) is 10.7. The van der Waals surface area contributed by atoms with Gasteiger partial charge in [0.05, 0.1) is 22.4 Å². The summed E-state index contributed by atoms with van der Waals surface area (Å²) < 4.78 is 2.49. The van der Waals surface area contributed by atoms with Gasteiger partial charge >= 0.3 is 0 Å². The zero-order valence-electron chi connectivity index (χ0n) is 35.0. The van der Waals surface area contributed by atoms with Gasteiger partial charge in [0.25, 0.3) is 6.71 Å². The van der Waals surface area contributed by atoms with Crippen LogP contribution in [-0.2, 0) is 0 Å². The molecule has 0 aliphatic carbocycles. The number of para-hydroxylation sites is 4. The maximum absolute atomic E-state index is 2.54. The number of rotatable bonds is 6. The van der Waals surface area contributed by atoms with Gasteiger partial charge in [0.15, 0.2) is 0 Å². The molecule has 3 heterocycles.